The molecule has 1 N–H and O–H groups in total. The molecule has 1 aliphatic carbocycles. The fraction of sp³-hybridized carbons (Fsp3) is 1.00. The van der Waals surface area contributed by atoms with Gasteiger partial charge in [0.05, 0.1) is 12.4 Å². The Morgan fingerprint density at radius 1 is 1.35 bits per heavy atom. The Balaban J connectivity index is 2.13. The van der Waals surface area contributed by atoms with Crippen LogP contribution in [0, 0.1) is 5.41 Å². The van der Waals surface area contributed by atoms with Crippen LogP contribution in [-0.2, 0) is 14.6 Å². The summed E-state index contributed by atoms with van der Waals surface area (Å²) in [6.45, 7) is 4.34. The maximum atomic E-state index is 11.4. The zero-order chi connectivity index (χ0) is 12.8. The largest absolute Gasteiger partial charge is 0.383 e. The highest BCUT2D eigenvalue weighted by Crippen LogP contribution is 2.49. The van der Waals surface area contributed by atoms with E-state index in [1.54, 1.807) is 14.0 Å². The summed E-state index contributed by atoms with van der Waals surface area (Å²) in [7, 11) is -1.09. The highest BCUT2D eigenvalue weighted by atomic mass is 32.2. The second kappa shape index (κ2) is 6.71. The zero-order valence-corrected chi connectivity index (χ0v) is 11.8. The van der Waals surface area contributed by atoms with Crippen molar-refractivity contribution in [3.8, 4) is 0 Å². The number of rotatable bonds is 10. The zero-order valence-electron chi connectivity index (χ0n) is 11.0. The van der Waals surface area contributed by atoms with Gasteiger partial charge in [0.25, 0.3) is 0 Å². The van der Waals surface area contributed by atoms with Crippen molar-refractivity contribution in [2.45, 2.75) is 32.6 Å². The van der Waals surface area contributed by atoms with Gasteiger partial charge in [0, 0.05) is 26.0 Å². The van der Waals surface area contributed by atoms with Crippen molar-refractivity contribution in [1.82, 2.24) is 5.32 Å². The first kappa shape index (κ1) is 14.9. The third kappa shape index (κ3) is 5.84. The van der Waals surface area contributed by atoms with E-state index in [0.29, 0.717) is 11.2 Å². The van der Waals surface area contributed by atoms with Crippen LogP contribution in [-0.4, -0.2) is 46.7 Å². The van der Waals surface area contributed by atoms with Crippen LogP contribution in [0.5, 0.6) is 0 Å². The second-order valence-electron chi connectivity index (χ2n) is 5.01. The summed E-state index contributed by atoms with van der Waals surface area (Å²) >= 11 is 0. The van der Waals surface area contributed by atoms with Gasteiger partial charge in [-0.15, -0.1) is 0 Å². The number of hydrogen-bond donors (Lipinski definition) is 1. The molecule has 1 rings (SSSR count). The summed E-state index contributed by atoms with van der Waals surface area (Å²) in [4.78, 5) is 0. The Kier molecular flexibility index (Phi) is 5.89. The SMILES string of the molecule is CCS(=O)(=O)CCCC1(CNCCOC)CC1. The number of methoxy groups -OCH3 is 1. The first-order valence-corrected chi connectivity index (χ1v) is 8.26. The van der Waals surface area contributed by atoms with Gasteiger partial charge in [-0.1, -0.05) is 6.92 Å². The highest BCUT2D eigenvalue weighted by Gasteiger charge is 2.41. The van der Waals surface area contributed by atoms with Crippen LogP contribution in [0.1, 0.15) is 32.6 Å². The van der Waals surface area contributed by atoms with Crippen LogP contribution in [0.2, 0.25) is 0 Å². The predicted octanol–water partition coefficient (Wildman–Crippen LogP) is 1.22. The van der Waals surface area contributed by atoms with E-state index in [0.717, 1.165) is 32.5 Å². The van der Waals surface area contributed by atoms with Crippen molar-refractivity contribution in [2.75, 3.05) is 38.3 Å². The molecule has 0 aliphatic heterocycles. The summed E-state index contributed by atoms with van der Waals surface area (Å²) in [5.74, 6) is 0.620. The average Bonchev–Trinajstić information content (AvgIpc) is 3.05. The molecule has 0 radical (unpaired) electrons. The Morgan fingerprint density at radius 2 is 2.06 bits per heavy atom. The third-order valence-electron chi connectivity index (χ3n) is 3.54. The Labute approximate surface area is 105 Å². The summed E-state index contributed by atoms with van der Waals surface area (Å²) in [5.41, 5.74) is 0.386. The minimum atomic E-state index is -2.78. The summed E-state index contributed by atoms with van der Waals surface area (Å²) in [5, 5.41) is 3.38. The molecule has 1 saturated carbocycles. The Morgan fingerprint density at radius 3 is 2.59 bits per heavy atom. The van der Waals surface area contributed by atoms with Crippen LogP contribution in [0.15, 0.2) is 0 Å². The van der Waals surface area contributed by atoms with Gasteiger partial charge < -0.3 is 10.1 Å². The van der Waals surface area contributed by atoms with Gasteiger partial charge in [0.2, 0.25) is 0 Å². The quantitative estimate of drug-likeness (QED) is 0.602. The van der Waals surface area contributed by atoms with Crippen LogP contribution in [0.3, 0.4) is 0 Å². The third-order valence-corrected chi connectivity index (χ3v) is 5.33. The molecule has 5 heteroatoms. The van der Waals surface area contributed by atoms with E-state index in [9.17, 15) is 8.42 Å². The molecular weight excluding hydrogens is 238 g/mol. The maximum Gasteiger partial charge on any atom is 0.150 e. The van der Waals surface area contributed by atoms with Crippen LogP contribution in [0.25, 0.3) is 0 Å². The summed E-state index contributed by atoms with van der Waals surface area (Å²) < 4.78 is 27.7. The van der Waals surface area contributed by atoms with E-state index in [4.69, 9.17) is 4.74 Å². The first-order chi connectivity index (χ1) is 8.04. The Hall–Kier alpha value is -0.130. The molecule has 0 bridgehead atoms. The molecule has 1 aliphatic rings. The average molecular weight is 263 g/mol. The van der Waals surface area contributed by atoms with Crippen molar-refractivity contribution in [3.63, 3.8) is 0 Å². The lowest BCUT2D eigenvalue weighted by Crippen LogP contribution is -2.27. The van der Waals surface area contributed by atoms with Gasteiger partial charge in [-0.25, -0.2) is 8.42 Å². The number of nitrogens with one attached hydrogen (secondary N) is 1. The minimum Gasteiger partial charge on any atom is -0.383 e. The number of hydrogen-bond acceptors (Lipinski definition) is 4. The highest BCUT2D eigenvalue weighted by molar-refractivity contribution is 7.91. The fourth-order valence-corrected chi connectivity index (χ4v) is 2.90. The molecule has 4 nitrogen and oxygen atoms in total. The molecule has 17 heavy (non-hydrogen) atoms. The van der Waals surface area contributed by atoms with Gasteiger partial charge in [-0.05, 0) is 31.1 Å². The molecule has 0 heterocycles. The van der Waals surface area contributed by atoms with E-state index in [1.165, 1.54) is 12.8 Å². The van der Waals surface area contributed by atoms with Crippen molar-refractivity contribution in [3.05, 3.63) is 0 Å². The molecular formula is C12H25NO3S. The monoisotopic (exact) mass is 263 g/mol. The molecule has 1 fully saturated rings. The van der Waals surface area contributed by atoms with Gasteiger partial charge in [0.1, 0.15) is 9.84 Å². The molecule has 0 aromatic heterocycles. The molecule has 0 atom stereocenters. The van der Waals surface area contributed by atoms with E-state index in [1.807, 2.05) is 0 Å². The predicted molar refractivity (Wildman–Crippen MR) is 70.0 cm³/mol. The normalized spacial score (nSPS) is 18.2. The van der Waals surface area contributed by atoms with Crippen molar-refractivity contribution < 1.29 is 13.2 Å². The molecule has 0 aromatic carbocycles. The van der Waals surface area contributed by atoms with Gasteiger partial charge in [0.15, 0.2) is 0 Å². The van der Waals surface area contributed by atoms with E-state index in [-0.39, 0.29) is 5.75 Å². The lowest BCUT2D eigenvalue weighted by molar-refractivity contribution is 0.196. The van der Waals surface area contributed by atoms with Crippen LogP contribution < -0.4 is 5.32 Å². The molecule has 102 valence electrons. The molecule has 0 amide bonds. The molecule has 0 unspecified atom stereocenters. The minimum absolute atomic E-state index is 0.270. The van der Waals surface area contributed by atoms with Gasteiger partial charge in [-0.3, -0.25) is 0 Å². The van der Waals surface area contributed by atoms with E-state index >= 15 is 0 Å². The lowest BCUT2D eigenvalue weighted by Gasteiger charge is -2.15. The molecule has 0 saturated heterocycles. The van der Waals surface area contributed by atoms with Gasteiger partial charge in [-0.2, -0.15) is 0 Å². The van der Waals surface area contributed by atoms with Crippen molar-refractivity contribution >= 4 is 9.84 Å². The van der Waals surface area contributed by atoms with Crippen LogP contribution >= 0.6 is 0 Å². The van der Waals surface area contributed by atoms with E-state index in [2.05, 4.69) is 5.32 Å². The van der Waals surface area contributed by atoms with Crippen LogP contribution in [0.4, 0.5) is 0 Å². The van der Waals surface area contributed by atoms with Crippen molar-refractivity contribution in [1.29, 1.82) is 0 Å². The fourth-order valence-electron chi connectivity index (χ4n) is 2.03. The first-order valence-electron chi connectivity index (χ1n) is 6.44. The molecule has 0 aromatic rings. The topological polar surface area (TPSA) is 55.4 Å². The van der Waals surface area contributed by atoms with Crippen molar-refractivity contribution in [2.24, 2.45) is 5.41 Å². The number of sulfone groups is 1. The number of ether oxygens (including phenoxy) is 1. The lowest BCUT2D eigenvalue weighted by atomic mass is 10.0. The molecule has 0 spiro atoms. The Bertz CT molecular complexity index is 310. The standard InChI is InChI=1S/C12H25NO3S/c1-3-17(14,15)10-4-5-12(6-7-12)11-13-8-9-16-2/h13H,3-11H2,1-2H3. The summed E-state index contributed by atoms with van der Waals surface area (Å²) in [6, 6.07) is 0. The second-order valence-corrected chi connectivity index (χ2v) is 7.48. The summed E-state index contributed by atoms with van der Waals surface area (Å²) in [6.07, 6.45) is 4.31. The smallest absolute Gasteiger partial charge is 0.150 e. The van der Waals surface area contributed by atoms with E-state index < -0.39 is 9.84 Å². The van der Waals surface area contributed by atoms with Gasteiger partial charge >= 0.3 is 0 Å². The maximum absolute atomic E-state index is 11.4.